The van der Waals surface area contributed by atoms with Gasteiger partial charge in [0.05, 0.1) is 11.9 Å². The molecule has 4 rings (SSSR count). The Morgan fingerprint density at radius 1 is 1.06 bits per heavy atom. The fraction of sp³-hybridized carbons (Fsp3) is 0.250. The second-order valence-corrected chi connectivity index (χ2v) is 7.87. The van der Waals surface area contributed by atoms with Gasteiger partial charge in [-0.3, -0.25) is 14.8 Å². The molecule has 1 aromatic heterocycles. The van der Waals surface area contributed by atoms with Crippen molar-refractivity contribution >= 4 is 23.7 Å². The third-order valence-electron chi connectivity index (χ3n) is 5.55. The average Bonchev–Trinajstić information content (AvgIpc) is 3.39. The molecule has 2 aromatic carbocycles. The number of fused-ring (bicyclic) bond motifs is 3. The van der Waals surface area contributed by atoms with E-state index in [0.717, 1.165) is 22.3 Å². The van der Waals surface area contributed by atoms with Gasteiger partial charge >= 0.3 is 12.1 Å². The Morgan fingerprint density at radius 3 is 2.35 bits per heavy atom. The molecule has 1 heterocycles. The number of carbonyl (C=O) groups is 3. The van der Waals surface area contributed by atoms with Crippen LogP contribution in [0.1, 0.15) is 23.5 Å². The number of benzene rings is 2. The van der Waals surface area contributed by atoms with Gasteiger partial charge in [0.2, 0.25) is 5.91 Å². The summed E-state index contributed by atoms with van der Waals surface area (Å²) in [6.07, 6.45) is 0.608. The summed E-state index contributed by atoms with van der Waals surface area (Å²) in [5.41, 5.74) is 4.89. The highest BCUT2D eigenvalue weighted by Gasteiger charge is 2.29. The van der Waals surface area contributed by atoms with Crippen LogP contribution in [-0.2, 0) is 20.9 Å². The normalized spacial score (nSPS) is 13.0. The van der Waals surface area contributed by atoms with Crippen LogP contribution in [0.4, 0.5) is 10.5 Å². The van der Waals surface area contributed by atoms with Crippen LogP contribution in [0.15, 0.2) is 60.9 Å². The van der Waals surface area contributed by atoms with Crippen LogP contribution in [0, 0.1) is 0 Å². The number of aromatic nitrogens is 2. The molecule has 1 atom stereocenters. The molecule has 4 N–H and O–H groups in total. The largest absolute Gasteiger partial charge is 0.479 e. The zero-order valence-electron chi connectivity index (χ0n) is 18.2. The van der Waals surface area contributed by atoms with Crippen LogP contribution >= 0.6 is 0 Å². The monoisotopic (exact) mass is 464 g/mol. The maximum Gasteiger partial charge on any atom is 0.411 e. The van der Waals surface area contributed by atoms with Gasteiger partial charge < -0.3 is 20.3 Å². The highest BCUT2D eigenvalue weighted by Crippen LogP contribution is 2.44. The number of nitrogens with zero attached hydrogens (tertiary/aromatic N) is 2. The first-order valence-electron chi connectivity index (χ1n) is 10.7. The summed E-state index contributed by atoms with van der Waals surface area (Å²) in [7, 11) is 0. The van der Waals surface area contributed by atoms with E-state index >= 15 is 0 Å². The number of carbonyl (C=O) groups excluding carboxylic acids is 2. The number of aliphatic hydroxyl groups excluding tert-OH is 1. The summed E-state index contributed by atoms with van der Waals surface area (Å²) in [6, 6.07) is 16.1. The lowest BCUT2D eigenvalue weighted by Gasteiger charge is -2.14. The van der Waals surface area contributed by atoms with Crippen LogP contribution < -0.4 is 10.6 Å². The lowest BCUT2D eigenvalue weighted by atomic mass is 9.98. The third-order valence-corrected chi connectivity index (χ3v) is 5.55. The summed E-state index contributed by atoms with van der Waals surface area (Å²) in [6.45, 7) is 0.0621. The average molecular weight is 464 g/mol. The predicted octanol–water partition coefficient (Wildman–Crippen LogP) is 2.20. The number of carboxylic acids is 1. The Hall–Kier alpha value is -4.18. The van der Waals surface area contributed by atoms with Crippen molar-refractivity contribution in [1.29, 1.82) is 0 Å². The van der Waals surface area contributed by atoms with Gasteiger partial charge in [-0.15, -0.1) is 0 Å². The Kier molecular flexibility index (Phi) is 6.88. The summed E-state index contributed by atoms with van der Waals surface area (Å²) in [4.78, 5) is 34.9. The highest BCUT2D eigenvalue weighted by atomic mass is 16.5. The zero-order valence-corrected chi connectivity index (χ0v) is 18.2. The van der Waals surface area contributed by atoms with Crippen molar-refractivity contribution in [1.82, 2.24) is 15.1 Å². The molecule has 176 valence electrons. The second-order valence-electron chi connectivity index (χ2n) is 7.87. The highest BCUT2D eigenvalue weighted by molar-refractivity contribution is 5.85. The van der Waals surface area contributed by atoms with Crippen LogP contribution in [-0.4, -0.2) is 57.2 Å². The van der Waals surface area contributed by atoms with Crippen molar-refractivity contribution in [3.05, 3.63) is 72.1 Å². The van der Waals surface area contributed by atoms with Gasteiger partial charge in [-0.2, -0.15) is 5.10 Å². The standard InChI is InChI=1S/C24H24N4O6/c29-21(23(31)32)9-10-25-22(30)13-28-12-15(11-26-28)27-24(33)34-14-20-18-7-3-1-5-16(18)17-6-2-4-8-19(17)20/h1-8,11-12,20-21,29H,9-10,13-14H2,(H,25,30)(H,27,33)(H,31,32)/t21-/m0/s1. The number of aliphatic carboxylic acids is 1. The molecule has 0 spiro atoms. The molecular weight excluding hydrogens is 440 g/mol. The second kappa shape index (κ2) is 10.2. The number of hydrogen-bond acceptors (Lipinski definition) is 6. The third kappa shape index (κ3) is 5.24. The molecule has 0 saturated carbocycles. The molecule has 1 aliphatic carbocycles. The fourth-order valence-corrected chi connectivity index (χ4v) is 3.94. The smallest absolute Gasteiger partial charge is 0.411 e. The van der Waals surface area contributed by atoms with Crippen molar-refractivity contribution in [3.8, 4) is 11.1 Å². The lowest BCUT2D eigenvalue weighted by molar-refractivity contribution is -0.147. The number of rotatable bonds is 9. The lowest BCUT2D eigenvalue weighted by Crippen LogP contribution is -2.32. The number of amides is 2. The van der Waals surface area contributed by atoms with E-state index in [1.54, 1.807) is 0 Å². The topological polar surface area (TPSA) is 143 Å². The van der Waals surface area contributed by atoms with E-state index in [1.807, 2.05) is 36.4 Å². The quantitative estimate of drug-likeness (QED) is 0.380. The van der Waals surface area contributed by atoms with Crippen molar-refractivity contribution in [2.75, 3.05) is 18.5 Å². The molecule has 3 aromatic rings. The summed E-state index contributed by atoms with van der Waals surface area (Å²) >= 11 is 0. The van der Waals surface area contributed by atoms with E-state index in [0.29, 0.717) is 5.69 Å². The number of ether oxygens (including phenoxy) is 1. The van der Waals surface area contributed by atoms with E-state index in [2.05, 4.69) is 27.9 Å². The molecule has 0 aliphatic heterocycles. The van der Waals surface area contributed by atoms with E-state index in [1.165, 1.54) is 17.1 Å². The van der Waals surface area contributed by atoms with Gasteiger partial charge in [-0.05, 0) is 22.3 Å². The minimum Gasteiger partial charge on any atom is -0.479 e. The van der Waals surface area contributed by atoms with Gasteiger partial charge in [-0.25, -0.2) is 9.59 Å². The van der Waals surface area contributed by atoms with Crippen molar-refractivity contribution in [3.63, 3.8) is 0 Å². The molecule has 0 bridgehead atoms. The number of nitrogens with one attached hydrogen (secondary N) is 2. The first kappa shape index (κ1) is 23.0. The van der Waals surface area contributed by atoms with Gasteiger partial charge in [0.25, 0.3) is 0 Å². The number of carboxylic acid groups (broad SMARTS) is 1. The molecular formula is C24H24N4O6. The van der Waals surface area contributed by atoms with Gasteiger partial charge in [0.15, 0.2) is 6.10 Å². The molecule has 10 nitrogen and oxygen atoms in total. The Balaban J connectivity index is 1.27. The number of hydrogen-bond donors (Lipinski definition) is 4. The minimum atomic E-state index is -1.53. The van der Waals surface area contributed by atoms with Gasteiger partial charge in [-0.1, -0.05) is 48.5 Å². The van der Waals surface area contributed by atoms with Crippen LogP contribution in [0.25, 0.3) is 11.1 Å². The SMILES string of the molecule is O=C(Cn1cc(NC(=O)OCC2c3ccccc3-c3ccccc32)cn1)NCC[C@H](O)C(=O)O. The van der Waals surface area contributed by atoms with E-state index in [9.17, 15) is 19.5 Å². The van der Waals surface area contributed by atoms with Crippen molar-refractivity contribution in [2.24, 2.45) is 0 Å². The molecule has 2 amide bonds. The maximum absolute atomic E-state index is 12.4. The molecule has 0 unspecified atom stereocenters. The summed E-state index contributed by atoms with van der Waals surface area (Å²) < 4.78 is 6.81. The Morgan fingerprint density at radius 2 is 1.71 bits per heavy atom. The fourth-order valence-electron chi connectivity index (χ4n) is 3.94. The van der Waals surface area contributed by atoms with Crippen LogP contribution in [0.2, 0.25) is 0 Å². The van der Waals surface area contributed by atoms with Crippen LogP contribution in [0.3, 0.4) is 0 Å². The molecule has 1 aliphatic rings. The van der Waals surface area contributed by atoms with E-state index < -0.39 is 24.1 Å². The van der Waals surface area contributed by atoms with E-state index in [4.69, 9.17) is 9.84 Å². The molecule has 0 saturated heterocycles. The van der Waals surface area contributed by atoms with Crippen molar-refractivity contribution < 1.29 is 29.3 Å². The number of anilines is 1. The maximum atomic E-state index is 12.4. The summed E-state index contributed by atoms with van der Waals surface area (Å²) in [5.74, 6) is -1.80. The zero-order chi connectivity index (χ0) is 24.1. The Bertz CT molecular complexity index is 1160. The molecule has 0 radical (unpaired) electrons. The van der Waals surface area contributed by atoms with Gasteiger partial charge in [0.1, 0.15) is 13.2 Å². The number of aliphatic hydroxyl groups is 1. The molecule has 34 heavy (non-hydrogen) atoms. The minimum absolute atomic E-state index is 0.0123. The molecule has 10 heteroatoms. The van der Waals surface area contributed by atoms with Gasteiger partial charge in [0, 0.05) is 25.1 Å². The first-order chi connectivity index (χ1) is 16.4. The van der Waals surface area contributed by atoms with E-state index in [-0.39, 0.29) is 32.0 Å². The molecule has 0 fully saturated rings. The Labute approximate surface area is 195 Å². The van der Waals surface area contributed by atoms with Crippen LogP contribution in [0.5, 0.6) is 0 Å². The predicted molar refractivity (Wildman–Crippen MR) is 122 cm³/mol. The first-order valence-corrected chi connectivity index (χ1v) is 10.7. The van der Waals surface area contributed by atoms with Crippen molar-refractivity contribution in [2.45, 2.75) is 25.0 Å². The summed E-state index contributed by atoms with van der Waals surface area (Å²) in [5, 5.41) is 27.0.